The highest BCUT2D eigenvalue weighted by Crippen LogP contribution is 2.42. The molecular formula is C12H20O2. The van der Waals surface area contributed by atoms with Crippen molar-refractivity contribution < 1.29 is 9.53 Å². The van der Waals surface area contributed by atoms with Crippen LogP contribution in [0.1, 0.15) is 47.0 Å². The lowest BCUT2D eigenvalue weighted by Crippen LogP contribution is -2.08. The second kappa shape index (κ2) is 4.16. The van der Waals surface area contributed by atoms with Crippen molar-refractivity contribution in [1.82, 2.24) is 0 Å². The maximum atomic E-state index is 11.3. The highest BCUT2D eigenvalue weighted by molar-refractivity contribution is 5.73. The van der Waals surface area contributed by atoms with Crippen molar-refractivity contribution in [3.8, 4) is 0 Å². The van der Waals surface area contributed by atoms with Crippen molar-refractivity contribution in [2.24, 2.45) is 5.41 Å². The van der Waals surface area contributed by atoms with Gasteiger partial charge >= 0.3 is 5.97 Å². The van der Waals surface area contributed by atoms with Gasteiger partial charge < -0.3 is 4.74 Å². The first-order valence-electron chi connectivity index (χ1n) is 5.32. The molecule has 1 aliphatic carbocycles. The van der Waals surface area contributed by atoms with E-state index >= 15 is 0 Å². The molecule has 0 radical (unpaired) electrons. The fourth-order valence-corrected chi connectivity index (χ4v) is 1.92. The van der Waals surface area contributed by atoms with E-state index in [0.717, 1.165) is 12.8 Å². The molecule has 0 N–H and O–H groups in total. The minimum absolute atomic E-state index is 0.0837. The summed E-state index contributed by atoms with van der Waals surface area (Å²) in [5.41, 5.74) is 2.95. The fraction of sp³-hybridized carbons (Fsp3) is 0.750. The molecule has 80 valence electrons. The summed E-state index contributed by atoms with van der Waals surface area (Å²) in [7, 11) is 0. The SMILES string of the molecule is CCOC(=O)CC1=C(C)C(C)(C)CC1. The van der Waals surface area contributed by atoms with E-state index in [1.807, 2.05) is 6.92 Å². The Bertz CT molecular complexity index is 261. The van der Waals surface area contributed by atoms with Gasteiger partial charge in [-0.2, -0.15) is 0 Å². The Morgan fingerprint density at radius 1 is 1.50 bits per heavy atom. The molecule has 0 fully saturated rings. The molecule has 1 aliphatic rings. The van der Waals surface area contributed by atoms with Gasteiger partial charge in [-0.15, -0.1) is 0 Å². The van der Waals surface area contributed by atoms with Gasteiger partial charge in [-0.1, -0.05) is 25.0 Å². The molecule has 14 heavy (non-hydrogen) atoms. The van der Waals surface area contributed by atoms with Gasteiger partial charge in [0.05, 0.1) is 13.0 Å². The molecule has 0 bridgehead atoms. The largest absolute Gasteiger partial charge is 0.466 e. The molecule has 0 aromatic heterocycles. The lowest BCUT2D eigenvalue weighted by atomic mass is 9.86. The van der Waals surface area contributed by atoms with Crippen molar-refractivity contribution in [3.05, 3.63) is 11.1 Å². The zero-order valence-electron chi connectivity index (χ0n) is 9.64. The molecule has 0 amide bonds. The Labute approximate surface area is 86.3 Å². The van der Waals surface area contributed by atoms with Crippen molar-refractivity contribution in [2.45, 2.75) is 47.0 Å². The van der Waals surface area contributed by atoms with E-state index in [1.165, 1.54) is 11.1 Å². The third-order valence-electron chi connectivity index (χ3n) is 3.26. The smallest absolute Gasteiger partial charge is 0.309 e. The van der Waals surface area contributed by atoms with Gasteiger partial charge in [0.1, 0.15) is 0 Å². The monoisotopic (exact) mass is 196 g/mol. The first kappa shape index (κ1) is 11.3. The summed E-state index contributed by atoms with van der Waals surface area (Å²) >= 11 is 0. The molecule has 0 unspecified atom stereocenters. The lowest BCUT2D eigenvalue weighted by Gasteiger charge is -2.19. The number of rotatable bonds is 3. The minimum atomic E-state index is -0.0837. The number of esters is 1. The summed E-state index contributed by atoms with van der Waals surface area (Å²) in [5, 5.41) is 0. The average Bonchev–Trinajstić information content (AvgIpc) is 2.33. The van der Waals surface area contributed by atoms with E-state index in [9.17, 15) is 4.79 Å². The van der Waals surface area contributed by atoms with Crippen LogP contribution in [0.25, 0.3) is 0 Å². The van der Waals surface area contributed by atoms with E-state index in [2.05, 4.69) is 20.8 Å². The maximum Gasteiger partial charge on any atom is 0.309 e. The van der Waals surface area contributed by atoms with Gasteiger partial charge in [-0.05, 0) is 32.1 Å². The number of carbonyl (C=O) groups is 1. The number of hydrogen-bond acceptors (Lipinski definition) is 2. The van der Waals surface area contributed by atoms with Gasteiger partial charge in [0, 0.05) is 0 Å². The van der Waals surface area contributed by atoms with Gasteiger partial charge in [0.15, 0.2) is 0 Å². The molecule has 0 spiro atoms. The lowest BCUT2D eigenvalue weighted by molar-refractivity contribution is -0.142. The third-order valence-corrected chi connectivity index (χ3v) is 3.26. The van der Waals surface area contributed by atoms with Crippen LogP contribution in [-0.4, -0.2) is 12.6 Å². The Balaban J connectivity index is 2.62. The zero-order chi connectivity index (χ0) is 10.8. The van der Waals surface area contributed by atoms with Crippen LogP contribution >= 0.6 is 0 Å². The standard InChI is InChI=1S/C12H20O2/c1-5-14-11(13)8-10-6-7-12(3,4)9(10)2/h5-8H2,1-4H3. The van der Waals surface area contributed by atoms with Crippen LogP contribution in [0.3, 0.4) is 0 Å². The number of carbonyl (C=O) groups excluding carboxylic acids is 1. The van der Waals surface area contributed by atoms with Crippen molar-refractivity contribution >= 4 is 5.97 Å². The molecule has 0 saturated carbocycles. The van der Waals surface area contributed by atoms with Crippen LogP contribution in [0.15, 0.2) is 11.1 Å². The molecule has 2 heteroatoms. The van der Waals surface area contributed by atoms with E-state index in [4.69, 9.17) is 4.74 Å². The topological polar surface area (TPSA) is 26.3 Å². The fourth-order valence-electron chi connectivity index (χ4n) is 1.92. The third kappa shape index (κ3) is 2.37. The van der Waals surface area contributed by atoms with Crippen LogP contribution in [0.4, 0.5) is 0 Å². The Morgan fingerprint density at radius 2 is 2.14 bits per heavy atom. The quantitative estimate of drug-likeness (QED) is 0.512. The average molecular weight is 196 g/mol. The zero-order valence-corrected chi connectivity index (χ0v) is 9.64. The molecule has 0 atom stereocenters. The molecule has 0 heterocycles. The Morgan fingerprint density at radius 3 is 2.57 bits per heavy atom. The van der Waals surface area contributed by atoms with Crippen LogP contribution in [-0.2, 0) is 9.53 Å². The number of allylic oxidation sites excluding steroid dienone is 1. The van der Waals surface area contributed by atoms with Crippen molar-refractivity contribution in [2.75, 3.05) is 6.61 Å². The Kier molecular flexibility index (Phi) is 3.35. The van der Waals surface area contributed by atoms with Crippen LogP contribution < -0.4 is 0 Å². The van der Waals surface area contributed by atoms with Crippen LogP contribution in [0.2, 0.25) is 0 Å². The van der Waals surface area contributed by atoms with Gasteiger partial charge in [-0.3, -0.25) is 4.79 Å². The molecule has 0 aromatic rings. The van der Waals surface area contributed by atoms with Gasteiger partial charge in [-0.25, -0.2) is 0 Å². The van der Waals surface area contributed by atoms with E-state index < -0.39 is 0 Å². The van der Waals surface area contributed by atoms with Gasteiger partial charge in [0.25, 0.3) is 0 Å². The number of hydrogen-bond donors (Lipinski definition) is 0. The summed E-state index contributed by atoms with van der Waals surface area (Å²) in [5.74, 6) is -0.0837. The highest BCUT2D eigenvalue weighted by Gasteiger charge is 2.29. The van der Waals surface area contributed by atoms with Crippen LogP contribution in [0, 0.1) is 5.41 Å². The van der Waals surface area contributed by atoms with Crippen molar-refractivity contribution in [1.29, 1.82) is 0 Å². The predicted octanol–water partition coefficient (Wildman–Crippen LogP) is 3.08. The highest BCUT2D eigenvalue weighted by atomic mass is 16.5. The summed E-state index contributed by atoms with van der Waals surface area (Å²) in [6.45, 7) is 8.94. The van der Waals surface area contributed by atoms with E-state index in [-0.39, 0.29) is 11.4 Å². The van der Waals surface area contributed by atoms with Gasteiger partial charge in [0.2, 0.25) is 0 Å². The molecular weight excluding hydrogens is 176 g/mol. The summed E-state index contributed by atoms with van der Waals surface area (Å²) in [4.78, 5) is 11.3. The maximum absolute atomic E-state index is 11.3. The van der Waals surface area contributed by atoms with Crippen LogP contribution in [0.5, 0.6) is 0 Å². The molecule has 0 aromatic carbocycles. The summed E-state index contributed by atoms with van der Waals surface area (Å²) in [6.07, 6.45) is 2.70. The predicted molar refractivity (Wildman–Crippen MR) is 57.0 cm³/mol. The summed E-state index contributed by atoms with van der Waals surface area (Å²) in [6, 6.07) is 0. The molecule has 1 rings (SSSR count). The number of ether oxygens (including phenoxy) is 1. The molecule has 2 nitrogen and oxygen atoms in total. The second-order valence-corrected chi connectivity index (χ2v) is 4.59. The molecule has 0 aliphatic heterocycles. The minimum Gasteiger partial charge on any atom is -0.466 e. The summed E-state index contributed by atoms with van der Waals surface area (Å²) < 4.78 is 4.95. The van der Waals surface area contributed by atoms with E-state index in [0.29, 0.717) is 13.0 Å². The van der Waals surface area contributed by atoms with E-state index in [1.54, 1.807) is 0 Å². The normalized spacial score (nSPS) is 20.0. The second-order valence-electron chi connectivity index (χ2n) is 4.59. The molecule has 0 saturated heterocycles. The first-order chi connectivity index (χ1) is 6.47. The first-order valence-corrected chi connectivity index (χ1v) is 5.32. The Hall–Kier alpha value is -0.790. The van der Waals surface area contributed by atoms with Crippen molar-refractivity contribution in [3.63, 3.8) is 0 Å².